The van der Waals surface area contributed by atoms with Crippen LogP contribution in [0, 0.1) is 17.3 Å². The van der Waals surface area contributed by atoms with Crippen LogP contribution in [0.3, 0.4) is 0 Å². The average molecular weight is 239 g/mol. The maximum Gasteiger partial charge on any atom is 0.0125 e. The minimum Gasteiger partial charge on any atom is -0.298 e. The molecule has 1 aliphatic rings. The van der Waals surface area contributed by atoms with Crippen molar-refractivity contribution in [3.05, 3.63) is 0 Å². The Morgan fingerprint density at radius 2 is 1.65 bits per heavy atom. The van der Waals surface area contributed by atoms with E-state index in [1.54, 1.807) is 0 Å². The molecule has 0 aromatic rings. The Morgan fingerprint density at radius 3 is 2.06 bits per heavy atom. The summed E-state index contributed by atoms with van der Waals surface area (Å²) in [7, 11) is 0. The maximum atomic E-state index is 2.66. The third-order valence-corrected chi connectivity index (χ3v) is 4.30. The standard InChI is InChI=1S/C16H33N/c1-13-12-17(16(5,6)7)11-9-14(13)8-10-15(2,3)4/h13-14H,8-12H2,1-7H3. The van der Waals surface area contributed by atoms with Gasteiger partial charge in [-0.15, -0.1) is 0 Å². The summed E-state index contributed by atoms with van der Waals surface area (Å²) in [6.07, 6.45) is 4.19. The molecule has 0 radical (unpaired) electrons. The van der Waals surface area contributed by atoms with E-state index >= 15 is 0 Å². The first-order chi connectivity index (χ1) is 7.59. The van der Waals surface area contributed by atoms with Gasteiger partial charge in [-0.2, -0.15) is 0 Å². The predicted molar refractivity (Wildman–Crippen MR) is 77.3 cm³/mol. The normalized spacial score (nSPS) is 28.4. The van der Waals surface area contributed by atoms with Crippen LogP contribution in [0.2, 0.25) is 0 Å². The fourth-order valence-electron chi connectivity index (χ4n) is 2.85. The van der Waals surface area contributed by atoms with Gasteiger partial charge in [-0.25, -0.2) is 0 Å². The van der Waals surface area contributed by atoms with E-state index < -0.39 is 0 Å². The first-order valence-electron chi connectivity index (χ1n) is 7.35. The molecule has 17 heavy (non-hydrogen) atoms. The molecule has 1 heteroatoms. The zero-order valence-electron chi connectivity index (χ0n) is 13.1. The summed E-state index contributed by atoms with van der Waals surface area (Å²) in [5.41, 5.74) is 0.851. The molecule has 1 saturated heterocycles. The maximum absolute atomic E-state index is 2.66. The Balaban J connectivity index is 2.43. The van der Waals surface area contributed by atoms with Gasteiger partial charge in [0.15, 0.2) is 0 Å². The molecule has 0 aliphatic carbocycles. The third kappa shape index (κ3) is 4.99. The SMILES string of the molecule is CC1CN(C(C)(C)C)CCC1CCC(C)(C)C. The fourth-order valence-corrected chi connectivity index (χ4v) is 2.85. The second kappa shape index (κ2) is 5.30. The van der Waals surface area contributed by atoms with Crippen molar-refractivity contribution in [1.82, 2.24) is 4.90 Å². The van der Waals surface area contributed by atoms with Crippen LogP contribution in [0.15, 0.2) is 0 Å². The lowest BCUT2D eigenvalue weighted by Gasteiger charge is -2.44. The van der Waals surface area contributed by atoms with E-state index in [2.05, 4.69) is 53.4 Å². The largest absolute Gasteiger partial charge is 0.298 e. The molecule has 1 heterocycles. The first-order valence-corrected chi connectivity index (χ1v) is 7.35. The zero-order valence-corrected chi connectivity index (χ0v) is 13.1. The first kappa shape index (κ1) is 15.0. The molecule has 1 nitrogen and oxygen atoms in total. The lowest BCUT2D eigenvalue weighted by Crippen LogP contribution is -2.49. The predicted octanol–water partition coefficient (Wildman–Crippen LogP) is 4.57. The van der Waals surface area contributed by atoms with Crippen LogP contribution in [0.1, 0.15) is 67.7 Å². The Labute approximate surface area is 109 Å². The molecule has 102 valence electrons. The summed E-state index contributed by atoms with van der Waals surface area (Å²) in [6, 6.07) is 0. The minimum atomic E-state index is 0.350. The number of nitrogens with zero attached hydrogens (tertiary/aromatic N) is 1. The van der Waals surface area contributed by atoms with E-state index in [1.165, 1.54) is 32.4 Å². The third-order valence-electron chi connectivity index (χ3n) is 4.30. The van der Waals surface area contributed by atoms with Gasteiger partial charge in [-0.05, 0) is 63.8 Å². The van der Waals surface area contributed by atoms with Gasteiger partial charge in [-0.1, -0.05) is 27.7 Å². The van der Waals surface area contributed by atoms with Crippen molar-refractivity contribution in [2.45, 2.75) is 73.3 Å². The van der Waals surface area contributed by atoms with Crippen molar-refractivity contribution in [3.63, 3.8) is 0 Å². The van der Waals surface area contributed by atoms with Crippen molar-refractivity contribution in [3.8, 4) is 0 Å². The number of hydrogen-bond acceptors (Lipinski definition) is 1. The Hall–Kier alpha value is -0.0400. The number of piperidine rings is 1. The van der Waals surface area contributed by atoms with Crippen LogP contribution in [0.5, 0.6) is 0 Å². The molecule has 2 unspecified atom stereocenters. The van der Waals surface area contributed by atoms with E-state index in [1.807, 2.05) is 0 Å². The van der Waals surface area contributed by atoms with Crippen LogP contribution < -0.4 is 0 Å². The van der Waals surface area contributed by atoms with Crippen molar-refractivity contribution in [2.75, 3.05) is 13.1 Å². The van der Waals surface area contributed by atoms with Crippen molar-refractivity contribution in [1.29, 1.82) is 0 Å². The number of rotatable bonds is 2. The highest BCUT2D eigenvalue weighted by atomic mass is 15.2. The molecule has 0 spiro atoms. The van der Waals surface area contributed by atoms with Crippen molar-refractivity contribution < 1.29 is 0 Å². The number of likely N-dealkylation sites (tertiary alicyclic amines) is 1. The molecule has 0 aromatic carbocycles. The van der Waals surface area contributed by atoms with Crippen LogP contribution in [-0.2, 0) is 0 Å². The van der Waals surface area contributed by atoms with Gasteiger partial charge in [-0.3, -0.25) is 4.90 Å². The van der Waals surface area contributed by atoms with Crippen LogP contribution >= 0.6 is 0 Å². The van der Waals surface area contributed by atoms with E-state index in [0.717, 1.165) is 11.8 Å². The minimum absolute atomic E-state index is 0.350. The summed E-state index contributed by atoms with van der Waals surface area (Å²) in [6.45, 7) is 19.2. The summed E-state index contributed by atoms with van der Waals surface area (Å²) < 4.78 is 0. The Kier molecular flexibility index (Phi) is 4.68. The molecule has 0 amide bonds. The van der Waals surface area contributed by atoms with Gasteiger partial charge in [0.05, 0.1) is 0 Å². The smallest absolute Gasteiger partial charge is 0.0125 e. The molecular weight excluding hydrogens is 206 g/mol. The zero-order chi connectivity index (χ0) is 13.3. The van der Waals surface area contributed by atoms with E-state index in [9.17, 15) is 0 Å². The van der Waals surface area contributed by atoms with Crippen LogP contribution in [-0.4, -0.2) is 23.5 Å². The van der Waals surface area contributed by atoms with Crippen molar-refractivity contribution in [2.24, 2.45) is 17.3 Å². The second-order valence-corrected chi connectivity index (χ2v) is 8.24. The molecule has 0 aromatic heterocycles. The highest BCUT2D eigenvalue weighted by Gasteiger charge is 2.31. The molecule has 2 atom stereocenters. The fraction of sp³-hybridized carbons (Fsp3) is 1.00. The molecular formula is C16H33N. The monoisotopic (exact) mass is 239 g/mol. The van der Waals surface area contributed by atoms with E-state index in [0.29, 0.717) is 11.0 Å². The van der Waals surface area contributed by atoms with Crippen LogP contribution in [0.25, 0.3) is 0 Å². The van der Waals surface area contributed by atoms with Crippen molar-refractivity contribution >= 4 is 0 Å². The van der Waals surface area contributed by atoms with Gasteiger partial charge in [0, 0.05) is 12.1 Å². The van der Waals surface area contributed by atoms with E-state index in [4.69, 9.17) is 0 Å². The van der Waals surface area contributed by atoms with Gasteiger partial charge >= 0.3 is 0 Å². The summed E-state index contributed by atoms with van der Waals surface area (Å²) >= 11 is 0. The summed E-state index contributed by atoms with van der Waals surface area (Å²) in [4.78, 5) is 2.66. The van der Waals surface area contributed by atoms with Gasteiger partial charge < -0.3 is 0 Å². The molecule has 0 saturated carbocycles. The van der Waals surface area contributed by atoms with Gasteiger partial charge in [0.25, 0.3) is 0 Å². The summed E-state index contributed by atoms with van der Waals surface area (Å²) in [5, 5.41) is 0. The number of hydrogen-bond donors (Lipinski definition) is 0. The Morgan fingerprint density at radius 1 is 1.06 bits per heavy atom. The molecule has 0 bridgehead atoms. The van der Waals surface area contributed by atoms with Gasteiger partial charge in [0.2, 0.25) is 0 Å². The Bertz CT molecular complexity index is 231. The molecule has 1 aliphatic heterocycles. The molecule has 1 fully saturated rings. The summed E-state index contributed by atoms with van der Waals surface area (Å²) in [5.74, 6) is 1.82. The second-order valence-electron chi connectivity index (χ2n) is 8.24. The van der Waals surface area contributed by atoms with E-state index in [-0.39, 0.29) is 0 Å². The molecule has 1 rings (SSSR count). The van der Waals surface area contributed by atoms with Gasteiger partial charge in [0.1, 0.15) is 0 Å². The van der Waals surface area contributed by atoms with Crippen LogP contribution in [0.4, 0.5) is 0 Å². The lowest BCUT2D eigenvalue weighted by molar-refractivity contribution is 0.0468. The quantitative estimate of drug-likeness (QED) is 0.682. The lowest BCUT2D eigenvalue weighted by atomic mass is 9.78. The molecule has 0 N–H and O–H groups in total. The highest BCUT2D eigenvalue weighted by molar-refractivity contribution is 4.85. The topological polar surface area (TPSA) is 3.24 Å². The highest BCUT2D eigenvalue weighted by Crippen LogP contribution is 2.33. The average Bonchev–Trinajstić information content (AvgIpc) is 2.12.